The summed E-state index contributed by atoms with van der Waals surface area (Å²) in [6.45, 7) is 2.65. The topological polar surface area (TPSA) is 85.2 Å². The molecule has 1 saturated carbocycles. The Bertz CT molecular complexity index is 1310. The Hall–Kier alpha value is -2.26. The highest BCUT2D eigenvalue weighted by Gasteiger charge is 2.36. The van der Waals surface area contributed by atoms with Crippen LogP contribution in [0.4, 0.5) is 0 Å². The number of pyridine rings is 1. The monoisotopic (exact) mass is 470 g/mol. The lowest BCUT2D eigenvalue weighted by Gasteiger charge is -2.24. The number of amides is 1. The second-order valence-corrected chi connectivity index (χ2v) is 12.5. The van der Waals surface area contributed by atoms with Gasteiger partial charge >= 0.3 is 0 Å². The fraction of sp³-hybridized carbons (Fsp3) is 0.522. The first-order valence-corrected chi connectivity index (χ1v) is 14.1. The van der Waals surface area contributed by atoms with Gasteiger partial charge in [-0.2, -0.15) is 5.10 Å². The van der Waals surface area contributed by atoms with Crippen LogP contribution in [-0.2, 0) is 9.84 Å². The molecule has 3 aromatic rings. The van der Waals surface area contributed by atoms with Crippen LogP contribution in [0.1, 0.15) is 76.7 Å². The number of sulfone groups is 1. The zero-order chi connectivity index (χ0) is 22.0. The maximum atomic E-state index is 13.9. The highest BCUT2D eigenvalue weighted by Crippen LogP contribution is 2.42. The van der Waals surface area contributed by atoms with Gasteiger partial charge in [-0.3, -0.25) is 4.79 Å². The molecule has 2 aliphatic heterocycles. The molecule has 9 heteroatoms. The molecule has 3 fully saturated rings. The van der Waals surface area contributed by atoms with E-state index in [-0.39, 0.29) is 29.5 Å². The summed E-state index contributed by atoms with van der Waals surface area (Å²) >= 11 is 1.70. The van der Waals surface area contributed by atoms with Crippen molar-refractivity contribution in [3.63, 3.8) is 0 Å². The lowest BCUT2D eigenvalue weighted by molar-refractivity contribution is 0.0739. The molecule has 32 heavy (non-hydrogen) atoms. The minimum Gasteiger partial charge on any atom is -0.331 e. The zero-order valence-electron chi connectivity index (χ0n) is 18.0. The summed E-state index contributed by atoms with van der Waals surface area (Å²) < 4.78 is 26.0. The van der Waals surface area contributed by atoms with Gasteiger partial charge in [0, 0.05) is 23.0 Å². The smallest absolute Gasteiger partial charge is 0.255 e. The predicted molar refractivity (Wildman–Crippen MR) is 124 cm³/mol. The maximum Gasteiger partial charge on any atom is 0.255 e. The molecule has 2 saturated heterocycles. The molecular weight excluding hydrogens is 444 g/mol. The van der Waals surface area contributed by atoms with Crippen LogP contribution in [0.25, 0.3) is 11.0 Å². The van der Waals surface area contributed by atoms with Crippen LogP contribution >= 0.6 is 11.3 Å². The van der Waals surface area contributed by atoms with Crippen molar-refractivity contribution < 1.29 is 13.2 Å². The molecule has 0 radical (unpaired) electrons. The third-order valence-electron chi connectivity index (χ3n) is 7.02. The summed E-state index contributed by atoms with van der Waals surface area (Å²) in [6.07, 6.45) is 4.69. The van der Waals surface area contributed by atoms with Gasteiger partial charge in [0.1, 0.15) is 0 Å². The van der Waals surface area contributed by atoms with E-state index in [9.17, 15) is 13.2 Å². The number of carbonyl (C=O) groups is 1. The molecular formula is C23H26N4O3S2. The summed E-state index contributed by atoms with van der Waals surface area (Å²) in [5, 5.41) is 7.56. The van der Waals surface area contributed by atoms with E-state index in [2.05, 4.69) is 11.4 Å². The molecule has 0 aromatic carbocycles. The summed E-state index contributed by atoms with van der Waals surface area (Å²) in [5.41, 5.74) is 3.03. The van der Waals surface area contributed by atoms with Gasteiger partial charge in [0.05, 0.1) is 40.2 Å². The molecule has 0 bridgehead atoms. The van der Waals surface area contributed by atoms with Crippen molar-refractivity contribution in [3.8, 4) is 0 Å². The number of thiophene rings is 1. The first-order valence-electron chi connectivity index (χ1n) is 11.4. The summed E-state index contributed by atoms with van der Waals surface area (Å²) in [7, 11) is -3.05. The number of fused-ring (bicyclic) bond motifs is 1. The standard InChI is InChI=1S/C23H26N4O3S2/c1-14-21-17(23(28)26-9-2-4-19(26)20-5-3-10-31-20)12-18(15-6-7-15)24-22(21)27(25-14)16-8-11-32(29,30)13-16/h3,5,10,12,15-16,19H,2,4,6-9,11,13H2,1H3/t16-,19-/m1/s1. The van der Waals surface area contributed by atoms with Gasteiger partial charge in [0.2, 0.25) is 0 Å². The van der Waals surface area contributed by atoms with E-state index >= 15 is 0 Å². The van der Waals surface area contributed by atoms with Crippen molar-refractivity contribution >= 4 is 38.1 Å². The van der Waals surface area contributed by atoms with Crippen molar-refractivity contribution in [1.82, 2.24) is 19.7 Å². The number of likely N-dealkylation sites (tertiary alicyclic amines) is 1. The average molecular weight is 471 g/mol. The van der Waals surface area contributed by atoms with Crippen LogP contribution in [0.3, 0.4) is 0 Å². The van der Waals surface area contributed by atoms with Crippen molar-refractivity contribution in [2.45, 2.75) is 57.0 Å². The molecule has 0 unspecified atom stereocenters. The second-order valence-electron chi connectivity index (χ2n) is 9.33. The number of nitrogens with zero attached hydrogens (tertiary/aromatic N) is 4. The Balaban J connectivity index is 1.47. The molecule has 2 atom stereocenters. The zero-order valence-corrected chi connectivity index (χ0v) is 19.7. The Morgan fingerprint density at radius 3 is 2.75 bits per heavy atom. The SMILES string of the molecule is Cc1nn([C@@H]2CCS(=O)(=O)C2)c2nc(C3CC3)cc(C(=O)N3CCC[C@@H]3c3cccs3)c12. The van der Waals surface area contributed by atoms with Gasteiger partial charge in [0.25, 0.3) is 5.91 Å². The van der Waals surface area contributed by atoms with Gasteiger partial charge in [-0.25, -0.2) is 18.1 Å². The maximum absolute atomic E-state index is 13.9. The number of aromatic nitrogens is 3. The summed E-state index contributed by atoms with van der Waals surface area (Å²) in [4.78, 5) is 22.1. The quantitative estimate of drug-likeness (QED) is 0.575. The molecule has 0 N–H and O–H groups in total. The number of hydrogen-bond acceptors (Lipinski definition) is 6. The number of rotatable bonds is 4. The lowest BCUT2D eigenvalue weighted by Crippen LogP contribution is -2.30. The van der Waals surface area contributed by atoms with Crippen molar-refractivity contribution in [2.24, 2.45) is 0 Å². The minimum absolute atomic E-state index is 0.0388. The molecule has 168 valence electrons. The summed E-state index contributed by atoms with van der Waals surface area (Å²) in [5.74, 6) is 0.696. The molecule has 1 amide bonds. The van der Waals surface area contributed by atoms with E-state index < -0.39 is 9.84 Å². The van der Waals surface area contributed by atoms with E-state index in [0.29, 0.717) is 23.5 Å². The van der Waals surface area contributed by atoms with Crippen LogP contribution in [-0.4, -0.2) is 52.0 Å². The van der Waals surface area contributed by atoms with Crippen molar-refractivity contribution in [1.29, 1.82) is 0 Å². The Morgan fingerprint density at radius 1 is 1.22 bits per heavy atom. The normalized spacial score (nSPS) is 25.1. The predicted octanol–water partition coefficient (Wildman–Crippen LogP) is 4.02. The van der Waals surface area contributed by atoms with E-state index in [1.54, 1.807) is 16.0 Å². The van der Waals surface area contributed by atoms with Gasteiger partial charge in [-0.15, -0.1) is 11.3 Å². The molecule has 6 rings (SSSR count). The molecule has 1 aliphatic carbocycles. The molecule has 3 aromatic heterocycles. The van der Waals surface area contributed by atoms with Crippen LogP contribution < -0.4 is 0 Å². The lowest BCUT2D eigenvalue weighted by atomic mass is 10.1. The Kier molecular flexibility index (Phi) is 4.69. The van der Waals surface area contributed by atoms with Crippen molar-refractivity contribution in [3.05, 3.63) is 45.4 Å². The average Bonchev–Trinajstić information content (AvgIpc) is 3.15. The van der Waals surface area contributed by atoms with Gasteiger partial charge in [-0.05, 0) is 56.5 Å². The molecule has 3 aliphatic rings. The van der Waals surface area contributed by atoms with Crippen molar-refractivity contribution in [2.75, 3.05) is 18.1 Å². The van der Waals surface area contributed by atoms with Crippen LogP contribution in [0.5, 0.6) is 0 Å². The van der Waals surface area contributed by atoms with E-state index in [1.807, 2.05) is 24.0 Å². The van der Waals surface area contributed by atoms with Crippen LogP contribution in [0.15, 0.2) is 23.6 Å². The number of hydrogen-bond donors (Lipinski definition) is 0. The minimum atomic E-state index is -3.05. The first kappa shape index (κ1) is 20.4. The third-order valence-corrected chi connectivity index (χ3v) is 9.75. The van der Waals surface area contributed by atoms with Gasteiger partial charge < -0.3 is 4.90 Å². The highest BCUT2D eigenvalue weighted by molar-refractivity contribution is 7.91. The summed E-state index contributed by atoms with van der Waals surface area (Å²) in [6, 6.07) is 6.04. The molecule has 5 heterocycles. The Morgan fingerprint density at radius 2 is 2.06 bits per heavy atom. The Labute approximate surface area is 191 Å². The second kappa shape index (κ2) is 7.38. The number of aryl methyl sites for hydroxylation is 1. The fourth-order valence-corrected chi connectivity index (χ4v) is 7.82. The van der Waals surface area contributed by atoms with Gasteiger partial charge in [0.15, 0.2) is 15.5 Å². The van der Waals surface area contributed by atoms with E-state index in [4.69, 9.17) is 10.1 Å². The molecule has 7 nitrogen and oxygen atoms in total. The van der Waals surface area contributed by atoms with E-state index in [0.717, 1.165) is 49.0 Å². The first-order chi connectivity index (χ1) is 15.4. The largest absolute Gasteiger partial charge is 0.331 e. The van der Waals surface area contributed by atoms with E-state index in [1.165, 1.54) is 4.88 Å². The van der Waals surface area contributed by atoms with Crippen LogP contribution in [0, 0.1) is 6.92 Å². The fourth-order valence-electron chi connectivity index (χ4n) is 5.25. The van der Waals surface area contributed by atoms with Crippen LogP contribution in [0.2, 0.25) is 0 Å². The molecule has 0 spiro atoms. The third kappa shape index (κ3) is 3.37. The van der Waals surface area contributed by atoms with Gasteiger partial charge in [-0.1, -0.05) is 6.07 Å². The number of carbonyl (C=O) groups excluding carboxylic acids is 1. The highest BCUT2D eigenvalue weighted by atomic mass is 32.2.